The highest BCUT2D eigenvalue weighted by atomic mass is 16.7. The van der Waals surface area contributed by atoms with Crippen LogP contribution >= 0.6 is 0 Å². The SMILES string of the molecule is O=C(Nc1ccc2c(c1)OCO2)ON=Cc1cccnc1. The summed E-state index contributed by atoms with van der Waals surface area (Å²) in [5, 5.41) is 6.11. The van der Waals surface area contributed by atoms with Gasteiger partial charge in [0.1, 0.15) is 0 Å². The van der Waals surface area contributed by atoms with Crippen molar-refractivity contribution in [3.63, 3.8) is 0 Å². The Hall–Kier alpha value is -3.09. The van der Waals surface area contributed by atoms with Crippen LogP contribution in [0.25, 0.3) is 0 Å². The summed E-state index contributed by atoms with van der Waals surface area (Å²) in [4.78, 5) is 20.2. The number of pyridine rings is 1. The van der Waals surface area contributed by atoms with Crippen LogP contribution in [-0.2, 0) is 4.84 Å². The van der Waals surface area contributed by atoms with Gasteiger partial charge < -0.3 is 9.47 Å². The summed E-state index contributed by atoms with van der Waals surface area (Å²) in [6, 6.07) is 8.58. The van der Waals surface area contributed by atoms with Crippen LogP contribution in [0.1, 0.15) is 5.56 Å². The van der Waals surface area contributed by atoms with Gasteiger partial charge >= 0.3 is 6.09 Å². The predicted octanol–water partition coefficient (Wildman–Crippen LogP) is 2.39. The summed E-state index contributed by atoms with van der Waals surface area (Å²) >= 11 is 0. The maximum Gasteiger partial charge on any atom is 0.437 e. The van der Waals surface area contributed by atoms with E-state index in [4.69, 9.17) is 9.47 Å². The largest absolute Gasteiger partial charge is 0.454 e. The van der Waals surface area contributed by atoms with Crippen molar-refractivity contribution in [2.45, 2.75) is 0 Å². The van der Waals surface area contributed by atoms with Crippen molar-refractivity contribution in [1.82, 2.24) is 4.98 Å². The first kappa shape index (κ1) is 12.9. The zero-order valence-electron chi connectivity index (χ0n) is 10.9. The van der Waals surface area contributed by atoms with Crippen LogP contribution in [0, 0.1) is 0 Å². The molecule has 1 aliphatic heterocycles. The van der Waals surface area contributed by atoms with Crippen LogP contribution < -0.4 is 14.8 Å². The molecule has 7 heteroatoms. The molecule has 1 aliphatic rings. The molecule has 7 nitrogen and oxygen atoms in total. The van der Waals surface area contributed by atoms with Gasteiger partial charge in [-0.05, 0) is 18.2 Å². The molecule has 1 aromatic carbocycles. The number of carbonyl (C=O) groups is 1. The number of anilines is 1. The fraction of sp³-hybridized carbons (Fsp3) is 0.0714. The van der Waals surface area contributed by atoms with Crippen LogP contribution in [-0.4, -0.2) is 24.1 Å². The third kappa shape index (κ3) is 3.27. The highest BCUT2D eigenvalue weighted by Gasteiger charge is 2.14. The van der Waals surface area contributed by atoms with Crippen molar-refractivity contribution in [2.24, 2.45) is 5.16 Å². The minimum atomic E-state index is -0.700. The van der Waals surface area contributed by atoms with Crippen LogP contribution in [0.2, 0.25) is 0 Å². The molecule has 3 rings (SSSR count). The Labute approximate surface area is 120 Å². The number of rotatable bonds is 3. The summed E-state index contributed by atoms with van der Waals surface area (Å²) in [7, 11) is 0. The van der Waals surface area contributed by atoms with E-state index in [2.05, 4.69) is 20.3 Å². The average Bonchev–Trinajstić information content (AvgIpc) is 2.96. The number of nitrogens with one attached hydrogen (secondary N) is 1. The van der Waals surface area contributed by atoms with Gasteiger partial charge in [-0.3, -0.25) is 15.1 Å². The second-order valence-electron chi connectivity index (χ2n) is 4.09. The monoisotopic (exact) mass is 285 g/mol. The Balaban J connectivity index is 1.56. The molecule has 2 aromatic rings. The summed E-state index contributed by atoms with van der Waals surface area (Å²) in [5.41, 5.74) is 1.26. The third-order valence-electron chi connectivity index (χ3n) is 2.64. The molecule has 1 N–H and O–H groups in total. The topological polar surface area (TPSA) is 82.0 Å². The van der Waals surface area contributed by atoms with Gasteiger partial charge in [0.25, 0.3) is 0 Å². The summed E-state index contributed by atoms with van der Waals surface area (Å²) < 4.78 is 10.4. The van der Waals surface area contributed by atoms with Crippen LogP contribution in [0.3, 0.4) is 0 Å². The second-order valence-corrected chi connectivity index (χ2v) is 4.09. The standard InChI is InChI=1S/C14H11N3O4/c18-14(21-16-8-10-2-1-5-15-7-10)17-11-3-4-12-13(6-11)20-9-19-12/h1-8H,9H2,(H,17,18). The van der Waals surface area contributed by atoms with E-state index in [9.17, 15) is 4.79 Å². The molecule has 21 heavy (non-hydrogen) atoms. The highest BCUT2D eigenvalue weighted by Crippen LogP contribution is 2.34. The van der Waals surface area contributed by atoms with E-state index >= 15 is 0 Å². The van der Waals surface area contributed by atoms with E-state index in [0.29, 0.717) is 17.2 Å². The number of benzene rings is 1. The molecule has 0 atom stereocenters. The van der Waals surface area contributed by atoms with Crippen molar-refractivity contribution in [3.05, 3.63) is 48.3 Å². The lowest BCUT2D eigenvalue weighted by Crippen LogP contribution is -2.10. The van der Waals surface area contributed by atoms with E-state index in [1.807, 2.05) is 0 Å². The maximum atomic E-state index is 11.6. The zero-order chi connectivity index (χ0) is 14.5. The van der Waals surface area contributed by atoms with Crippen molar-refractivity contribution < 1.29 is 19.1 Å². The molecule has 2 heterocycles. The van der Waals surface area contributed by atoms with E-state index in [1.165, 1.54) is 6.21 Å². The molecule has 0 bridgehead atoms. The minimum Gasteiger partial charge on any atom is -0.454 e. The van der Waals surface area contributed by atoms with Crippen molar-refractivity contribution in [3.8, 4) is 11.5 Å². The van der Waals surface area contributed by atoms with Gasteiger partial charge in [-0.15, -0.1) is 0 Å². The Kier molecular flexibility index (Phi) is 3.64. The quantitative estimate of drug-likeness (QED) is 0.532. The van der Waals surface area contributed by atoms with Gasteiger partial charge in [0.2, 0.25) is 6.79 Å². The Bertz CT molecular complexity index is 673. The fourth-order valence-electron chi connectivity index (χ4n) is 1.70. The zero-order valence-corrected chi connectivity index (χ0v) is 10.9. The molecule has 0 aliphatic carbocycles. The molecule has 0 saturated carbocycles. The molecule has 1 aromatic heterocycles. The maximum absolute atomic E-state index is 11.6. The van der Waals surface area contributed by atoms with E-state index < -0.39 is 6.09 Å². The Morgan fingerprint density at radius 2 is 2.24 bits per heavy atom. The average molecular weight is 285 g/mol. The smallest absolute Gasteiger partial charge is 0.437 e. The molecule has 0 unspecified atom stereocenters. The molecule has 0 radical (unpaired) electrons. The number of carbonyl (C=O) groups excluding carboxylic acids is 1. The van der Waals surface area contributed by atoms with Gasteiger partial charge in [0.05, 0.1) is 6.21 Å². The molecule has 0 fully saturated rings. The summed E-state index contributed by atoms with van der Waals surface area (Å²) in [6.45, 7) is 0.179. The van der Waals surface area contributed by atoms with Gasteiger partial charge in [-0.25, -0.2) is 4.79 Å². The number of oxime groups is 1. The molecular weight excluding hydrogens is 274 g/mol. The predicted molar refractivity (Wildman–Crippen MR) is 74.5 cm³/mol. The van der Waals surface area contributed by atoms with E-state index in [0.717, 1.165) is 5.56 Å². The lowest BCUT2D eigenvalue weighted by molar-refractivity contribution is 0.167. The molecule has 0 spiro atoms. The minimum absolute atomic E-state index is 0.179. The summed E-state index contributed by atoms with van der Waals surface area (Å²) in [6.07, 6.45) is 3.94. The van der Waals surface area contributed by atoms with Crippen molar-refractivity contribution in [2.75, 3.05) is 12.1 Å². The Morgan fingerprint density at radius 1 is 1.33 bits per heavy atom. The number of hydrogen-bond donors (Lipinski definition) is 1. The lowest BCUT2D eigenvalue weighted by Gasteiger charge is -2.03. The van der Waals surface area contributed by atoms with Crippen LogP contribution in [0.4, 0.5) is 10.5 Å². The van der Waals surface area contributed by atoms with Crippen LogP contribution in [0.15, 0.2) is 47.9 Å². The van der Waals surface area contributed by atoms with Gasteiger partial charge in [0, 0.05) is 29.7 Å². The molecular formula is C14H11N3O4. The van der Waals surface area contributed by atoms with Gasteiger partial charge in [0.15, 0.2) is 11.5 Å². The number of hydrogen-bond acceptors (Lipinski definition) is 6. The number of aromatic nitrogens is 1. The number of amides is 1. The fourth-order valence-corrected chi connectivity index (χ4v) is 1.70. The number of fused-ring (bicyclic) bond motifs is 1. The molecule has 0 saturated heterocycles. The summed E-state index contributed by atoms with van der Waals surface area (Å²) in [5.74, 6) is 1.22. The first-order valence-electron chi connectivity index (χ1n) is 6.12. The third-order valence-corrected chi connectivity index (χ3v) is 2.64. The number of ether oxygens (including phenoxy) is 2. The molecule has 106 valence electrons. The number of nitrogens with zero attached hydrogens (tertiary/aromatic N) is 2. The highest BCUT2D eigenvalue weighted by molar-refractivity contribution is 5.86. The first-order chi connectivity index (χ1) is 10.3. The van der Waals surface area contributed by atoms with Gasteiger partial charge in [-0.1, -0.05) is 11.2 Å². The molecule has 1 amide bonds. The van der Waals surface area contributed by atoms with E-state index in [1.54, 1.807) is 42.7 Å². The van der Waals surface area contributed by atoms with Crippen molar-refractivity contribution >= 4 is 18.0 Å². The second kappa shape index (κ2) is 5.91. The van der Waals surface area contributed by atoms with Gasteiger partial charge in [-0.2, -0.15) is 0 Å². The van der Waals surface area contributed by atoms with Crippen molar-refractivity contribution in [1.29, 1.82) is 0 Å². The van der Waals surface area contributed by atoms with E-state index in [-0.39, 0.29) is 6.79 Å². The Morgan fingerprint density at radius 3 is 3.10 bits per heavy atom. The first-order valence-corrected chi connectivity index (χ1v) is 6.12. The lowest BCUT2D eigenvalue weighted by atomic mass is 10.3. The normalized spacial score (nSPS) is 12.4. The van der Waals surface area contributed by atoms with Crippen LogP contribution in [0.5, 0.6) is 11.5 Å².